The summed E-state index contributed by atoms with van der Waals surface area (Å²) in [5.74, 6) is -0.500. The molecule has 0 aliphatic rings. The minimum Gasteiger partial charge on any atom is -0.399 e. The Labute approximate surface area is 107 Å². The number of nitrogen functional groups attached to an aromatic ring is 1. The van der Waals surface area contributed by atoms with Gasteiger partial charge in [-0.15, -0.1) is 0 Å². The van der Waals surface area contributed by atoms with Crippen LogP contribution in [-0.4, -0.2) is 9.78 Å². The predicted molar refractivity (Wildman–Crippen MR) is 71.7 cm³/mol. The quantitative estimate of drug-likeness (QED) is 0.677. The topological polar surface area (TPSA) is 60.9 Å². The van der Waals surface area contributed by atoms with Crippen LogP contribution in [-0.2, 0) is 0 Å². The fourth-order valence-electron chi connectivity index (χ4n) is 1.95. The summed E-state index contributed by atoms with van der Waals surface area (Å²) in [6, 6.07) is 11.0. The molecule has 94 valence electrons. The molecule has 0 saturated carbocycles. The van der Waals surface area contributed by atoms with Crippen molar-refractivity contribution >= 4 is 16.5 Å². The molecule has 1 heterocycles. The highest BCUT2D eigenvalue weighted by Crippen LogP contribution is 2.15. The van der Waals surface area contributed by atoms with Crippen LogP contribution >= 0.6 is 0 Å². The summed E-state index contributed by atoms with van der Waals surface area (Å²) in [5, 5.41) is 5.08. The molecule has 0 aliphatic heterocycles. The number of hydrogen-bond donors (Lipinski definition) is 1. The number of nitrogens with zero attached hydrogens (tertiary/aromatic N) is 2. The predicted octanol–water partition coefficient (Wildman–Crippen LogP) is 2.11. The molecule has 4 nitrogen and oxygen atoms in total. The first-order valence-corrected chi connectivity index (χ1v) is 5.69. The summed E-state index contributed by atoms with van der Waals surface area (Å²) in [7, 11) is 0. The van der Waals surface area contributed by atoms with E-state index in [1.165, 1.54) is 18.3 Å². The van der Waals surface area contributed by atoms with E-state index in [0.29, 0.717) is 16.5 Å². The van der Waals surface area contributed by atoms with Crippen LogP contribution in [0.15, 0.2) is 53.5 Å². The summed E-state index contributed by atoms with van der Waals surface area (Å²) in [5.41, 5.74) is 5.88. The van der Waals surface area contributed by atoms with Crippen molar-refractivity contribution in [2.45, 2.75) is 0 Å². The van der Waals surface area contributed by atoms with Crippen molar-refractivity contribution in [2.24, 2.45) is 0 Å². The zero-order valence-electron chi connectivity index (χ0n) is 9.88. The van der Waals surface area contributed by atoms with Crippen LogP contribution in [0.2, 0.25) is 0 Å². The van der Waals surface area contributed by atoms with Gasteiger partial charge in [0, 0.05) is 11.1 Å². The Morgan fingerprint density at radius 3 is 2.74 bits per heavy atom. The average Bonchev–Trinajstić information content (AvgIpc) is 2.41. The number of hydrogen-bond acceptors (Lipinski definition) is 3. The summed E-state index contributed by atoms with van der Waals surface area (Å²) < 4.78 is 14.7. The third kappa shape index (κ3) is 1.85. The van der Waals surface area contributed by atoms with E-state index in [1.54, 1.807) is 30.3 Å². The molecule has 19 heavy (non-hydrogen) atoms. The zero-order chi connectivity index (χ0) is 13.4. The molecule has 0 unspecified atom stereocenters. The molecule has 3 aromatic rings. The first kappa shape index (κ1) is 11.4. The van der Waals surface area contributed by atoms with Gasteiger partial charge in [-0.05, 0) is 24.3 Å². The van der Waals surface area contributed by atoms with Gasteiger partial charge in [0.1, 0.15) is 11.5 Å². The maximum absolute atomic E-state index is 13.7. The fraction of sp³-hybridized carbons (Fsp3) is 0. The third-order valence-electron chi connectivity index (χ3n) is 2.89. The second-order valence-corrected chi connectivity index (χ2v) is 4.16. The molecular weight excluding hydrogens is 245 g/mol. The van der Waals surface area contributed by atoms with Crippen LogP contribution in [0.25, 0.3) is 16.5 Å². The first-order valence-electron chi connectivity index (χ1n) is 5.69. The molecule has 2 N–H and O–H groups in total. The zero-order valence-corrected chi connectivity index (χ0v) is 9.88. The lowest BCUT2D eigenvalue weighted by molar-refractivity contribution is 0.606. The van der Waals surface area contributed by atoms with Crippen LogP contribution in [0.5, 0.6) is 0 Å². The SMILES string of the molecule is Nc1ccc2cnn(-c3ccccc3F)c(=O)c2c1. The molecule has 5 heteroatoms. The number of aromatic nitrogens is 2. The number of anilines is 1. The van der Waals surface area contributed by atoms with Gasteiger partial charge < -0.3 is 5.73 Å². The molecule has 0 radical (unpaired) electrons. The second kappa shape index (κ2) is 4.20. The van der Waals surface area contributed by atoms with Crippen molar-refractivity contribution in [1.29, 1.82) is 0 Å². The van der Waals surface area contributed by atoms with Gasteiger partial charge in [0.2, 0.25) is 0 Å². The molecule has 1 aromatic heterocycles. The Morgan fingerprint density at radius 2 is 1.95 bits per heavy atom. The summed E-state index contributed by atoms with van der Waals surface area (Å²) in [6.45, 7) is 0. The molecule has 0 saturated heterocycles. The van der Waals surface area contributed by atoms with Crippen LogP contribution in [0.3, 0.4) is 0 Å². The lowest BCUT2D eigenvalue weighted by Gasteiger charge is -2.07. The fourth-order valence-corrected chi connectivity index (χ4v) is 1.95. The van der Waals surface area contributed by atoms with Gasteiger partial charge in [-0.3, -0.25) is 4.79 Å². The second-order valence-electron chi connectivity index (χ2n) is 4.16. The lowest BCUT2D eigenvalue weighted by atomic mass is 10.2. The van der Waals surface area contributed by atoms with Crippen molar-refractivity contribution in [3.05, 3.63) is 64.8 Å². The van der Waals surface area contributed by atoms with E-state index < -0.39 is 11.4 Å². The van der Waals surface area contributed by atoms with Crippen molar-refractivity contribution < 1.29 is 4.39 Å². The van der Waals surface area contributed by atoms with E-state index in [9.17, 15) is 9.18 Å². The standard InChI is InChI=1S/C14H10FN3O/c15-12-3-1-2-4-13(12)18-14(19)11-7-10(16)6-5-9(11)8-17-18/h1-8H,16H2. The highest BCUT2D eigenvalue weighted by Gasteiger charge is 2.09. The normalized spacial score (nSPS) is 10.8. The number of nitrogens with two attached hydrogens (primary N) is 1. The van der Waals surface area contributed by atoms with E-state index in [4.69, 9.17) is 5.73 Å². The number of para-hydroxylation sites is 1. The number of fused-ring (bicyclic) bond motifs is 1. The third-order valence-corrected chi connectivity index (χ3v) is 2.89. The van der Waals surface area contributed by atoms with Gasteiger partial charge in [0.15, 0.2) is 0 Å². The van der Waals surface area contributed by atoms with Gasteiger partial charge in [-0.25, -0.2) is 4.39 Å². The maximum atomic E-state index is 13.7. The van der Waals surface area contributed by atoms with E-state index >= 15 is 0 Å². The Hall–Kier alpha value is -2.69. The summed E-state index contributed by atoms with van der Waals surface area (Å²) in [4.78, 5) is 12.3. The highest BCUT2D eigenvalue weighted by atomic mass is 19.1. The van der Waals surface area contributed by atoms with Gasteiger partial charge in [-0.2, -0.15) is 9.78 Å². The highest BCUT2D eigenvalue weighted by molar-refractivity contribution is 5.83. The summed E-state index contributed by atoms with van der Waals surface area (Å²) >= 11 is 0. The molecule has 0 aliphatic carbocycles. The minimum atomic E-state index is -0.500. The van der Waals surface area contributed by atoms with Gasteiger partial charge in [0.25, 0.3) is 5.56 Å². The van der Waals surface area contributed by atoms with E-state index in [2.05, 4.69) is 5.10 Å². The number of benzene rings is 2. The van der Waals surface area contributed by atoms with E-state index in [-0.39, 0.29) is 5.69 Å². The van der Waals surface area contributed by atoms with E-state index in [0.717, 1.165) is 4.68 Å². The first-order chi connectivity index (χ1) is 9.16. The summed E-state index contributed by atoms with van der Waals surface area (Å²) in [6.07, 6.45) is 1.52. The number of halogens is 1. The minimum absolute atomic E-state index is 0.122. The molecule has 0 bridgehead atoms. The van der Waals surface area contributed by atoms with Crippen LogP contribution < -0.4 is 11.3 Å². The Balaban J connectivity index is 2.35. The van der Waals surface area contributed by atoms with Crippen molar-refractivity contribution in [1.82, 2.24) is 9.78 Å². The van der Waals surface area contributed by atoms with Gasteiger partial charge in [-0.1, -0.05) is 18.2 Å². The van der Waals surface area contributed by atoms with Crippen molar-refractivity contribution in [3.8, 4) is 5.69 Å². The Morgan fingerprint density at radius 1 is 1.16 bits per heavy atom. The van der Waals surface area contributed by atoms with Gasteiger partial charge in [0.05, 0.1) is 11.6 Å². The van der Waals surface area contributed by atoms with Crippen molar-refractivity contribution in [2.75, 3.05) is 5.73 Å². The monoisotopic (exact) mass is 255 g/mol. The maximum Gasteiger partial charge on any atom is 0.279 e. The molecule has 0 amide bonds. The molecule has 0 fully saturated rings. The number of rotatable bonds is 1. The van der Waals surface area contributed by atoms with E-state index in [1.807, 2.05) is 0 Å². The average molecular weight is 255 g/mol. The lowest BCUT2D eigenvalue weighted by Crippen LogP contribution is -2.21. The van der Waals surface area contributed by atoms with Crippen molar-refractivity contribution in [3.63, 3.8) is 0 Å². The molecular formula is C14H10FN3O. The van der Waals surface area contributed by atoms with Crippen LogP contribution in [0.1, 0.15) is 0 Å². The molecule has 3 rings (SSSR count). The largest absolute Gasteiger partial charge is 0.399 e. The molecule has 2 aromatic carbocycles. The van der Waals surface area contributed by atoms with Crippen LogP contribution in [0.4, 0.5) is 10.1 Å². The Kier molecular flexibility index (Phi) is 2.52. The molecule has 0 spiro atoms. The smallest absolute Gasteiger partial charge is 0.279 e. The Bertz CT molecular complexity index is 826. The van der Waals surface area contributed by atoms with Crippen LogP contribution in [0, 0.1) is 5.82 Å². The molecule has 0 atom stereocenters. The van der Waals surface area contributed by atoms with Gasteiger partial charge >= 0.3 is 0 Å².